The molecule has 4 saturated carbocycles. The first-order valence-electron chi connectivity index (χ1n) is 10.4. The third-order valence-corrected chi connectivity index (χ3v) is 6.67. The molecular formula is C22H28ClN3O3. The molecule has 0 spiro atoms. The molecule has 0 heterocycles. The van der Waals surface area contributed by atoms with E-state index in [1.54, 1.807) is 31.2 Å². The third-order valence-electron chi connectivity index (χ3n) is 6.41. The Morgan fingerprint density at radius 1 is 1.07 bits per heavy atom. The van der Waals surface area contributed by atoms with Gasteiger partial charge in [-0.2, -0.15) is 5.10 Å². The molecule has 2 amide bonds. The van der Waals surface area contributed by atoms with Gasteiger partial charge in [-0.15, -0.1) is 0 Å². The molecule has 0 unspecified atom stereocenters. The number of benzene rings is 1. The SMILES string of the molecule is CC(CC(=O)NC12CC3CC(CC(C3)C1)C2)=NNC(=O)COc1ccc(Cl)cc1. The number of carbonyl (C=O) groups is 2. The Bertz CT molecular complexity index is 771. The highest BCUT2D eigenvalue weighted by atomic mass is 35.5. The quantitative estimate of drug-likeness (QED) is 0.524. The smallest absolute Gasteiger partial charge is 0.277 e. The Morgan fingerprint density at radius 2 is 1.66 bits per heavy atom. The van der Waals surface area contributed by atoms with Crippen LogP contribution in [0, 0.1) is 17.8 Å². The summed E-state index contributed by atoms with van der Waals surface area (Å²) in [5.41, 5.74) is 3.02. The molecule has 6 nitrogen and oxygen atoms in total. The van der Waals surface area contributed by atoms with Gasteiger partial charge in [0.25, 0.3) is 5.91 Å². The van der Waals surface area contributed by atoms with Crippen LogP contribution in [0.5, 0.6) is 5.75 Å². The average Bonchev–Trinajstić information content (AvgIpc) is 2.64. The van der Waals surface area contributed by atoms with Gasteiger partial charge in [0, 0.05) is 16.3 Å². The lowest BCUT2D eigenvalue weighted by Gasteiger charge is -2.56. The molecule has 2 N–H and O–H groups in total. The summed E-state index contributed by atoms with van der Waals surface area (Å²) in [4.78, 5) is 24.5. The first-order valence-corrected chi connectivity index (χ1v) is 10.8. The summed E-state index contributed by atoms with van der Waals surface area (Å²) in [6, 6.07) is 6.77. The van der Waals surface area contributed by atoms with E-state index in [4.69, 9.17) is 16.3 Å². The minimum absolute atomic E-state index is 0.000127. The second-order valence-electron chi connectivity index (χ2n) is 9.05. The number of ether oxygens (including phenoxy) is 1. The van der Waals surface area contributed by atoms with Gasteiger partial charge in [0.15, 0.2) is 6.61 Å². The number of carbonyl (C=O) groups excluding carboxylic acids is 2. The minimum atomic E-state index is -0.374. The minimum Gasteiger partial charge on any atom is -0.484 e. The standard InChI is InChI=1S/C22H28ClN3O3/c1-14(25-26-21(28)13-29-19-4-2-18(23)3-5-19)6-20(27)24-22-10-15-7-16(11-22)9-17(8-15)12-22/h2-5,15-17H,6-13H2,1H3,(H,24,27)(H,26,28). The van der Waals surface area contributed by atoms with Gasteiger partial charge < -0.3 is 10.1 Å². The predicted molar refractivity (Wildman–Crippen MR) is 112 cm³/mol. The topological polar surface area (TPSA) is 79.8 Å². The lowest BCUT2D eigenvalue weighted by atomic mass is 9.53. The Morgan fingerprint density at radius 3 is 2.24 bits per heavy atom. The van der Waals surface area contributed by atoms with Crippen molar-refractivity contribution >= 4 is 29.1 Å². The molecule has 29 heavy (non-hydrogen) atoms. The van der Waals surface area contributed by atoms with Gasteiger partial charge in [-0.25, -0.2) is 5.43 Å². The summed E-state index contributed by atoms with van der Waals surface area (Å²) in [6.07, 6.45) is 7.61. The molecule has 0 radical (unpaired) electrons. The maximum absolute atomic E-state index is 12.6. The summed E-state index contributed by atoms with van der Waals surface area (Å²) < 4.78 is 5.38. The predicted octanol–water partition coefficient (Wildman–Crippen LogP) is 3.69. The molecule has 0 aliphatic heterocycles. The Labute approximate surface area is 176 Å². The monoisotopic (exact) mass is 417 g/mol. The molecule has 0 saturated heterocycles. The van der Waals surface area contributed by atoms with E-state index in [1.807, 2.05) is 0 Å². The largest absolute Gasteiger partial charge is 0.484 e. The second-order valence-corrected chi connectivity index (χ2v) is 9.48. The van der Waals surface area contributed by atoms with Crippen LogP contribution in [0.25, 0.3) is 0 Å². The van der Waals surface area contributed by atoms with Gasteiger partial charge in [-0.05, 0) is 87.5 Å². The highest BCUT2D eigenvalue weighted by Crippen LogP contribution is 2.55. The van der Waals surface area contributed by atoms with Crippen LogP contribution in [-0.4, -0.2) is 29.7 Å². The number of nitrogens with one attached hydrogen (secondary N) is 2. The summed E-state index contributed by atoms with van der Waals surface area (Å²) in [5.74, 6) is 2.55. The van der Waals surface area contributed by atoms with Gasteiger partial charge in [-0.3, -0.25) is 9.59 Å². The number of hydrazone groups is 1. The van der Waals surface area contributed by atoms with Crippen molar-refractivity contribution in [3.63, 3.8) is 0 Å². The molecule has 1 aromatic rings. The zero-order chi connectivity index (χ0) is 20.4. The molecule has 156 valence electrons. The first-order chi connectivity index (χ1) is 13.9. The molecule has 0 atom stereocenters. The number of rotatable bonds is 7. The molecule has 4 bridgehead atoms. The molecule has 1 aromatic carbocycles. The number of nitrogens with zero attached hydrogens (tertiary/aromatic N) is 1. The molecule has 4 fully saturated rings. The number of hydrogen-bond acceptors (Lipinski definition) is 4. The summed E-state index contributed by atoms with van der Waals surface area (Å²) in [5, 5.41) is 7.97. The van der Waals surface area contributed by atoms with Crippen LogP contribution >= 0.6 is 11.6 Å². The summed E-state index contributed by atoms with van der Waals surface area (Å²) in [7, 11) is 0. The number of halogens is 1. The molecule has 5 rings (SSSR count). The maximum atomic E-state index is 12.6. The fourth-order valence-corrected chi connectivity index (χ4v) is 5.87. The zero-order valence-corrected chi connectivity index (χ0v) is 17.5. The van der Waals surface area contributed by atoms with Gasteiger partial charge >= 0.3 is 0 Å². The number of amides is 2. The van der Waals surface area contributed by atoms with Crippen molar-refractivity contribution < 1.29 is 14.3 Å². The molecule has 4 aliphatic carbocycles. The van der Waals surface area contributed by atoms with E-state index in [0.717, 1.165) is 37.0 Å². The molecule has 0 aromatic heterocycles. The molecular weight excluding hydrogens is 390 g/mol. The van der Waals surface area contributed by atoms with Crippen LogP contribution in [0.2, 0.25) is 5.02 Å². The van der Waals surface area contributed by atoms with E-state index in [2.05, 4.69) is 15.8 Å². The zero-order valence-electron chi connectivity index (χ0n) is 16.7. The normalized spacial score (nSPS) is 30.1. The van der Waals surface area contributed by atoms with Crippen molar-refractivity contribution in [2.75, 3.05) is 6.61 Å². The fourth-order valence-electron chi connectivity index (χ4n) is 5.75. The lowest BCUT2D eigenvalue weighted by Crippen LogP contribution is -2.60. The fraction of sp³-hybridized carbons (Fsp3) is 0.591. The van der Waals surface area contributed by atoms with Crippen LogP contribution in [-0.2, 0) is 9.59 Å². The van der Waals surface area contributed by atoms with E-state index in [0.29, 0.717) is 16.5 Å². The van der Waals surface area contributed by atoms with Gasteiger partial charge in [0.1, 0.15) is 5.75 Å². The molecule has 7 heteroatoms. The van der Waals surface area contributed by atoms with Gasteiger partial charge in [0.05, 0.1) is 6.42 Å². The Hall–Kier alpha value is -2.08. The van der Waals surface area contributed by atoms with E-state index in [-0.39, 0.29) is 30.4 Å². The van der Waals surface area contributed by atoms with Crippen LogP contribution in [0.3, 0.4) is 0 Å². The van der Waals surface area contributed by atoms with Crippen molar-refractivity contribution in [3.05, 3.63) is 29.3 Å². The van der Waals surface area contributed by atoms with Crippen LogP contribution in [0.1, 0.15) is 51.9 Å². The summed E-state index contributed by atoms with van der Waals surface area (Å²) in [6.45, 7) is 1.59. The van der Waals surface area contributed by atoms with E-state index in [1.165, 1.54) is 19.3 Å². The first kappa shape index (κ1) is 20.2. The van der Waals surface area contributed by atoms with Crippen molar-refractivity contribution in [2.24, 2.45) is 22.9 Å². The van der Waals surface area contributed by atoms with Gasteiger partial charge in [0.2, 0.25) is 5.91 Å². The lowest BCUT2D eigenvalue weighted by molar-refractivity contribution is -0.126. The van der Waals surface area contributed by atoms with Gasteiger partial charge in [-0.1, -0.05) is 11.6 Å². The maximum Gasteiger partial charge on any atom is 0.277 e. The van der Waals surface area contributed by atoms with Crippen molar-refractivity contribution in [1.82, 2.24) is 10.7 Å². The van der Waals surface area contributed by atoms with Crippen molar-refractivity contribution in [2.45, 2.75) is 57.4 Å². The highest BCUT2D eigenvalue weighted by molar-refractivity contribution is 6.30. The van der Waals surface area contributed by atoms with Crippen LogP contribution in [0.4, 0.5) is 0 Å². The molecule has 4 aliphatic rings. The van der Waals surface area contributed by atoms with Crippen molar-refractivity contribution in [3.8, 4) is 5.75 Å². The van der Waals surface area contributed by atoms with Crippen molar-refractivity contribution in [1.29, 1.82) is 0 Å². The van der Waals surface area contributed by atoms with E-state index >= 15 is 0 Å². The summed E-state index contributed by atoms with van der Waals surface area (Å²) >= 11 is 5.81. The number of hydrogen-bond donors (Lipinski definition) is 2. The highest BCUT2D eigenvalue weighted by Gasteiger charge is 2.51. The van der Waals surface area contributed by atoms with Crippen LogP contribution in [0.15, 0.2) is 29.4 Å². The Balaban J connectivity index is 1.22. The van der Waals surface area contributed by atoms with Crippen LogP contribution < -0.4 is 15.5 Å². The average molecular weight is 418 g/mol. The van der Waals surface area contributed by atoms with E-state index in [9.17, 15) is 9.59 Å². The Kier molecular flexibility index (Phi) is 5.81. The van der Waals surface area contributed by atoms with E-state index < -0.39 is 0 Å². The third kappa shape index (κ3) is 5.10. The second kappa shape index (κ2) is 8.34.